The number of carbonyl (C=O) groups excluding carboxylic acids is 3. The van der Waals surface area contributed by atoms with Gasteiger partial charge in [0.05, 0.1) is 25.5 Å². The van der Waals surface area contributed by atoms with Crippen LogP contribution >= 0.6 is 0 Å². The van der Waals surface area contributed by atoms with Crippen molar-refractivity contribution in [3.8, 4) is 11.5 Å². The van der Waals surface area contributed by atoms with E-state index in [9.17, 15) is 14.4 Å². The first-order valence-corrected chi connectivity index (χ1v) is 11.3. The Bertz CT molecular complexity index is 1320. The van der Waals surface area contributed by atoms with Gasteiger partial charge in [-0.3, -0.25) is 19.3 Å². The van der Waals surface area contributed by atoms with Gasteiger partial charge in [0.15, 0.2) is 11.5 Å². The molecular formula is C27H25N3O5. The van der Waals surface area contributed by atoms with Gasteiger partial charge >= 0.3 is 0 Å². The highest BCUT2D eigenvalue weighted by Gasteiger charge is 2.47. The lowest BCUT2D eigenvalue weighted by Gasteiger charge is -2.40. The normalized spacial score (nSPS) is 15.9. The summed E-state index contributed by atoms with van der Waals surface area (Å²) < 4.78 is 10.6. The molecule has 0 saturated heterocycles. The second kappa shape index (κ2) is 9.13. The Morgan fingerprint density at radius 2 is 1.60 bits per heavy atom. The Labute approximate surface area is 203 Å². The van der Waals surface area contributed by atoms with Gasteiger partial charge in [-0.1, -0.05) is 36.4 Å². The minimum Gasteiger partial charge on any atom is -0.493 e. The van der Waals surface area contributed by atoms with Crippen molar-refractivity contribution in [2.24, 2.45) is 0 Å². The van der Waals surface area contributed by atoms with Crippen molar-refractivity contribution in [1.29, 1.82) is 0 Å². The molecule has 8 heteroatoms. The van der Waals surface area contributed by atoms with E-state index < -0.39 is 6.17 Å². The topological polar surface area (TPSA) is 88.2 Å². The zero-order valence-corrected chi connectivity index (χ0v) is 19.5. The number of hydrogen-bond donors (Lipinski definition) is 1. The van der Waals surface area contributed by atoms with Crippen molar-refractivity contribution in [3.05, 3.63) is 89.0 Å². The molecule has 0 radical (unpaired) electrons. The molecule has 3 aromatic rings. The molecule has 1 N–H and O–H groups in total. The van der Waals surface area contributed by atoms with Gasteiger partial charge in [0.2, 0.25) is 5.91 Å². The number of nitrogens with zero attached hydrogens (tertiary/aromatic N) is 2. The molecule has 0 bridgehead atoms. The summed E-state index contributed by atoms with van der Waals surface area (Å²) in [6.45, 7) is 0.487. The first kappa shape index (κ1) is 22.5. The number of benzene rings is 3. The molecule has 5 rings (SSSR count). The standard InChI is InChI=1S/C27H25N3O5/c1-34-22-12-11-17(15-23(22)35-2)16-28-24(31)13-14-29-25-18-7-3-4-8-19(18)27(33)30(25)21-10-6-5-9-20(21)26(29)32/h3-12,15,25H,13-14,16H2,1-2H3,(H,28,31)/t25-/m1/s1. The highest BCUT2D eigenvalue weighted by atomic mass is 16.5. The largest absolute Gasteiger partial charge is 0.493 e. The Hall–Kier alpha value is -4.33. The lowest BCUT2D eigenvalue weighted by atomic mass is 10.0. The van der Waals surface area contributed by atoms with Crippen LogP contribution in [0.2, 0.25) is 0 Å². The van der Waals surface area contributed by atoms with Gasteiger partial charge in [0.1, 0.15) is 6.17 Å². The number of rotatable bonds is 7. The van der Waals surface area contributed by atoms with Gasteiger partial charge in [-0.15, -0.1) is 0 Å². The lowest BCUT2D eigenvalue weighted by Crippen LogP contribution is -2.49. The van der Waals surface area contributed by atoms with E-state index in [1.165, 1.54) is 0 Å². The molecule has 3 aromatic carbocycles. The lowest BCUT2D eigenvalue weighted by molar-refractivity contribution is -0.121. The fraction of sp³-hybridized carbons (Fsp3) is 0.222. The molecule has 0 aliphatic carbocycles. The number of hydrogen-bond acceptors (Lipinski definition) is 5. The predicted octanol–water partition coefficient (Wildman–Crippen LogP) is 3.53. The van der Waals surface area contributed by atoms with E-state index in [2.05, 4.69) is 5.32 Å². The molecule has 0 unspecified atom stereocenters. The molecule has 1 atom stereocenters. The fourth-order valence-electron chi connectivity index (χ4n) is 4.70. The van der Waals surface area contributed by atoms with Gasteiger partial charge in [-0.05, 0) is 35.9 Å². The number of nitrogens with one attached hydrogen (secondary N) is 1. The third kappa shape index (κ3) is 3.86. The molecule has 8 nitrogen and oxygen atoms in total. The van der Waals surface area contributed by atoms with E-state index in [-0.39, 0.29) is 30.7 Å². The molecule has 3 amide bonds. The summed E-state index contributed by atoms with van der Waals surface area (Å²) in [6.07, 6.45) is -0.471. The van der Waals surface area contributed by atoms with E-state index >= 15 is 0 Å². The predicted molar refractivity (Wildman–Crippen MR) is 129 cm³/mol. The van der Waals surface area contributed by atoms with Crippen molar-refractivity contribution in [1.82, 2.24) is 10.2 Å². The smallest absolute Gasteiger partial charge is 0.260 e. The van der Waals surface area contributed by atoms with Crippen molar-refractivity contribution >= 4 is 23.4 Å². The Morgan fingerprint density at radius 3 is 2.37 bits per heavy atom. The zero-order valence-electron chi connectivity index (χ0n) is 19.5. The highest BCUT2D eigenvalue weighted by molar-refractivity contribution is 6.16. The second-order valence-corrected chi connectivity index (χ2v) is 8.37. The van der Waals surface area contributed by atoms with Crippen LogP contribution in [0.25, 0.3) is 0 Å². The minimum absolute atomic E-state index is 0.0991. The summed E-state index contributed by atoms with van der Waals surface area (Å²) in [5, 5.41) is 2.90. The Morgan fingerprint density at radius 1 is 0.886 bits per heavy atom. The molecule has 0 saturated carbocycles. The SMILES string of the molecule is COc1ccc(CNC(=O)CCN2C(=O)c3ccccc3N3C(=O)c4ccccc4[C@H]23)cc1OC. The highest BCUT2D eigenvalue weighted by Crippen LogP contribution is 2.45. The maximum atomic E-state index is 13.4. The van der Waals surface area contributed by atoms with Crippen LogP contribution in [0.3, 0.4) is 0 Å². The van der Waals surface area contributed by atoms with Crippen molar-refractivity contribution < 1.29 is 23.9 Å². The molecular weight excluding hydrogens is 446 g/mol. The maximum absolute atomic E-state index is 13.4. The van der Waals surface area contributed by atoms with Gasteiger partial charge in [-0.2, -0.15) is 0 Å². The number of fused-ring (bicyclic) bond motifs is 5. The van der Waals surface area contributed by atoms with E-state index in [4.69, 9.17) is 9.47 Å². The molecule has 2 heterocycles. The summed E-state index contributed by atoms with van der Waals surface area (Å²) in [5.74, 6) is 0.659. The van der Waals surface area contributed by atoms with Crippen LogP contribution in [0.15, 0.2) is 66.7 Å². The summed E-state index contributed by atoms with van der Waals surface area (Å²) in [4.78, 5) is 42.6. The van der Waals surface area contributed by atoms with Gasteiger partial charge in [-0.25, -0.2) is 0 Å². The molecule has 178 valence electrons. The average Bonchev–Trinajstić information content (AvgIpc) is 3.19. The number of ether oxygens (including phenoxy) is 2. The summed E-state index contributed by atoms with van der Waals surface area (Å²) in [7, 11) is 3.13. The van der Waals surface area contributed by atoms with Gasteiger partial charge in [0.25, 0.3) is 11.8 Å². The summed E-state index contributed by atoms with van der Waals surface area (Å²) in [6, 6.07) is 19.9. The quantitative estimate of drug-likeness (QED) is 0.570. The number of para-hydroxylation sites is 1. The van der Waals surface area contributed by atoms with Crippen molar-refractivity contribution in [2.45, 2.75) is 19.1 Å². The molecule has 2 aliphatic rings. The van der Waals surface area contributed by atoms with E-state index in [1.54, 1.807) is 54.4 Å². The van der Waals surface area contributed by atoms with Crippen molar-refractivity contribution in [2.75, 3.05) is 25.7 Å². The van der Waals surface area contributed by atoms with Crippen LogP contribution in [0.4, 0.5) is 5.69 Å². The minimum atomic E-state index is -0.570. The number of anilines is 1. The van der Waals surface area contributed by atoms with Gasteiger partial charge < -0.3 is 19.7 Å². The zero-order chi connectivity index (χ0) is 24.5. The van der Waals surface area contributed by atoms with Crippen LogP contribution in [0.1, 0.15) is 44.4 Å². The van der Waals surface area contributed by atoms with Crippen LogP contribution in [-0.2, 0) is 11.3 Å². The summed E-state index contributed by atoms with van der Waals surface area (Å²) >= 11 is 0. The van der Waals surface area contributed by atoms with Crippen LogP contribution in [-0.4, -0.2) is 43.4 Å². The molecule has 0 aromatic heterocycles. The third-order valence-corrected chi connectivity index (χ3v) is 6.40. The van der Waals surface area contributed by atoms with Crippen LogP contribution in [0.5, 0.6) is 11.5 Å². The van der Waals surface area contributed by atoms with E-state index in [1.807, 2.05) is 36.4 Å². The molecule has 0 spiro atoms. The molecule has 35 heavy (non-hydrogen) atoms. The van der Waals surface area contributed by atoms with E-state index in [0.717, 1.165) is 11.1 Å². The first-order chi connectivity index (χ1) is 17.0. The monoisotopic (exact) mass is 471 g/mol. The fourth-order valence-corrected chi connectivity index (χ4v) is 4.70. The number of amides is 3. The average molecular weight is 472 g/mol. The van der Waals surface area contributed by atoms with Crippen LogP contribution in [0, 0.1) is 0 Å². The van der Waals surface area contributed by atoms with Gasteiger partial charge in [0, 0.05) is 30.6 Å². The first-order valence-electron chi connectivity index (χ1n) is 11.3. The van der Waals surface area contributed by atoms with Crippen molar-refractivity contribution in [3.63, 3.8) is 0 Å². The second-order valence-electron chi connectivity index (χ2n) is 8.37. The molecule has 0 fully saturated rings. The Kier molecular flexibility index (Phi) is 5.86. The Balaban J connectivity index is 1.33. The van der Waals surface area contributed by atoms with Crippen LogP contribution < -0.4 is 19.7 Å². The maximum Gasteiger partial charge on any atom is 0.260 e. The number of carbonyl (C=O) groups is 3. The summed E-state index contributed by atoms with van der Waals surface area (Å²) in [5.41, 5.74) is 3.25. The molecule has 2 aliphatic heterocycles. The van der Waals surface area contributed by atoms with E-state index in [0.29, 0.717) is 34.9 Å². The third-order valence-electron chi connectivity index (χ3n) is 6.40. The number of methoxy groups -OCH3 is 2.